The van der Waals surface area contributed by atoms with Crippen molar-refractivity contribution in [3.8, 4) is 0 Å². The van der Waals surface area contributed by atoms with Crippen LogP contribution in [0.1, 0.15) is 18.6 Å². The second-order valence-corrected chi connectivity index (χ2v) is 5.51. The maximum atomic E-state index is 13.2. The molecule has 4 nitrogen and oxygen atoms in total. The summed E-state index contributed by atoms with van der Waals surface area (Å²) in [6, 6.07) is 4.64. The highest BCUT2D eigenvalue weighted by atomic mass is 35.5. The molecule has 2 unspecified atom stereocenters. The molecule has 1 N–H and O–H groups in total. The largest absolute Gasteiger partial charge is 0.389 e. The van der Waals surface area contributed by atoms with Gasteiger partial charge in [0.05, 0.1) is 30.4 Å². The van der Waals surface area contributed by atoms with Crippen LogP contribution in [0.2, 0.25) is 5.02 Å². The molecule has 2 atom stereocenters. The number of halogens is 2. The van der Waals surface area contributed by atoms with Gasteiger partial charge in [-0.3, -0.25) is 4.90 Å². The fraction of sp³-hybridized carbons (Fsp3) is 0.600. The van der Waals surface area contributed by atoms with E-state index in [1.807, 2.05) is 6.92 Å². The third-order valence-electron chi connectivity index (χ3n) is 3.45. The number of ether oxygens (including phenoxy) is 2. The summed E-state index contributed by atoms with van der Waals surface area (Å²) in [5.41, 5.74) is 0.852. The molecule has 0 radical (unpaired) electrons. The summed E-state index contributed by atoms with van der Waals surface area (Å²) in [6.45, 7) is 5.34. The third-order valence-corrected chi connectivity index (χ3v) is 3.74. The van der Waals surface area contributed by atoms with Crippen molar-refractivity contribution in [2.45, 2.75) is 19.1 Å². The number of benzene rings is 1. The highest BCUT2D eigenvalue weighted by Crippen LogP contribution is 2.26. The summed E-state index contributed by atoms with van der Waals surface area (Å²) in [6.07, 6.45) is -0.670. The van der Waals surface area contributed by atoms with Crippen LogP contribution < -0.4 is 0 Å². The molecule has 0 saturated carbocycles. The Labute approximate surface area is 129 Å². The molecule has 1 saturated heterocycles. The molecule has 1 aromatic rings. The van der Waals surface area contributed by atoms with Crippen molar-refractivity contribution in [2.75, 3.05) is 39.5 Å². The molecule has 21 heavy (non-hydrogen) atoms. The monoisotopic (exact) mass is 317 g/mol. The number of β-amino-alcohol motifs (C(OH)–C–C–N with tert-alkyl or cyclic N) is 1. The number of hydrogen-bond donors (Lipinski definition) is 1. The lowest BCUT2D eigenvalue weighted by molar-refractivity contribution is -0.0517. The Bertz CT molecular complexity index is 461. The normalized spacial score (nSPS) is 21.4. The van der Waals surface area contributed by atoms with Crippen molar-refractivity contribution in [3.63, 3.8) is 0 Å². The molecule has 0 bridgehead atoms. The van der Waals surface area contributed by atoms with E-state index in [-0.39, 0.29) is 11.1 Å². The maximum absolute atomic E-state index is 13.2. The Hall–Kier alpha value is -0.720. The molecular formula is C15H21ClFNO3. The minimum Gasteiger partial charge on any atom is -0.389 e. The smallest absolute Gasteiger partial charge is 0.141 e. The van der Waals surface area contributed by atoms with E-state index in [9.17, 15) is 9.50 Å². The van der Waals surface area contributed by atoms with E-state index in [2.05, 4.69) is 4.90 Å². The van der Waals surface area contributed by atoms with Crippen LogP contribution >= 0.6 is 11.6 Å². The average molecular weight is 318 g/mol. The highest BCUT2D eigenvalue weighted by Gasteiger charge is 2.24. The molecule has 1 aromatic carbocycles. The van der Waals surface area contributed by atoms with Crippen LogP contribution in [-0.2, 0) is 9.47 Å². The second kappa shape index (κ2) is 8.06. The fourth-order valence-electron chi connectivity index (χ4n) is 2.39. The molecule has 2 rings (SSSR count). The molecule has 0 amide bonds. The first-order valence-electron chi connectivity index (χ1n) is 7.15. The SMILES string of the molecule is CCOCC(O)CN1CCOC(c2ccc(F)c(Cl)c2)C1. The standard InChI is InChI=1S/C15H21ClFNO3/c1-2-20-10-12(19)8-18-5-6-21-15(9-18)11-3-4-14(17)13(16)7-11/h3-4,7,12,15,19H,2,5-6,8-10H2,1H3. The lowest BCUT2D eigenvalue weighted by Gasteiger charge is -2.34. The molecule has 0 aromatic heterocycles. The van der Waals surface area contributed by atoms with Crippen LogP contribution in [0.3, 0.4) is 0 Å². The first-order chi connectivity index (χ1) is 10.1. The van der Waals surface area contributed by atoms with Crippen LogP contribution in [0.15, 0.2) is 18.2 Å². The van der Waals surface area contributed by atoms with Gasteiger partial charge in [0.2, 0.25) is 0 Å². The van der Waals surface area contributed by atoms with Crippen molar-refractivity contribution in [1.29, 1.82) is 0 Å². The van der Waals surface area contributed by atoms with Gasteiger partial charge in [-0.15, -0.1) is 0 Å². The zero-order chi connectivity index (χ0) is 15.2. The molecule has 0 aliphatic carbocycles. The van der Waals surface area contributed by atoms with Crippen LogP contribution in [-0.4, -0.2) is 55.6 Å². The van der Waals surface area contributed by atoms with Gasteiger partial charge < -0.3 is 14.6 Å². The van der Waals surface area contributed by atoms with Crippen LogP contribution in [0, 0.1) is 5.82 Å². The molecule has 0 spiro atoms. The fourth-order valence-corrected chi connectivity index (χ4v) is 2.58. The average Bonchev–Trinajstić information content (AvgIpc) is 2.48. The molecule has 1 aliphatic heterocycles. The highest BCUT2D eigenvalue weighted by molar-refractivity contribution is 6.30. The Morgan fingerprint density at radius 2 is 2.38 bits per heavy atom. The van der Waals surface area contributed by atoms with Gasteiger partial charge in [-0.2, -0.15) is 0 Å². The van der Waals surface area contributed by atoms with Crippen molar-refractivity contribution in [2.24, 2.45) is 0 Å². The molecule has 6 heteroatoms. The summed E-state index contributed by atoms with van der Waals surface area (Å²) < 4.78 is 24.1. The van der Waals surface area contributed by atoms with Gasteiger partial charge in [0, 0.05) is 26.2 Å². The molecule has 118 valence electrons. The van der Waals surface area contributed by atoms with Crippen LogP contribution in [0.4, 0.5) is 4.39 Å². The minimum absolute atomic E-state index is 0.101. The van der Waals surface area contributed by atoms with Crippen LogP contribution in [0.25, 0.3) is 0 Å². The maximum Gasteiger partial charge on any atom is 0.141 e. The Balaban J connectivity index is 1.92. The molecule has 1 fully saturated rings. The van der Waals surface area contributed by atoms with E-state index >= 15 is 0 Å². The second-order valence-electron chi connectivity index (χ2n) is 5.11. The minimum atomic E-state index is -0.513. The van der Waals surface area contributed by atoms with Gasteiger partial charge in [-0.1, -0.05) is 17.7 Å². The van der Waals surface area contributed by atoms with Gasteiger partial charge >= 0.3 is 0 Å². The summed E-state index contributed by atoms with van der Waals surface area (Å²) in [5.74, 6) is -0.430. The van der Waals surface area contributed by atoms with Crippen molar-refractivity contribution >= 4 is 11.6 Å². The van der Waals surface area contributed by atoms with E-state index in [0.717, 1.165) is 12.1 Å². The summed E-state index contributed by atoms with van der Waals surface area (Å²) in [4.78, 5) is 2.12. The predicted octanol–water partition coefficient (Wildman–Crippen LogP) is 2.25. The van der Waals surface area contributed by atoms with Gasteiger partial charge in [0.15, 0.2) is 0 Å². The number of morpholine rings is 1. The van der Waals surface area contributed by atoms with Gasteiger partial charge in [-0.05, 0) is 24.6 Å². The predicted molar refractivity (Wildman–Crippen MR) is 79.0 cm³/mol. The summed E-state index contributed by atoms with van der Waals surface area (Å²) in [5, 5.41) is 9.99. The number of nitrogens with zero attached hydrogens (tertiary/aromatic N) is 1. The zero-order valence-electron chi connectivity index (χ0n) is 12.1. The van der Waals surface area contributed by atoms with Crippen molar-refractivity contribution in [3.05, 3.63) is 34.6 Å². The number of hydrogen-bond acceptors (Lipinski definition) is 4. The Morgan fingerprint density at radius 3 is 3.10 bits per heavy atom. The Morgan fingerprint density at radius 1 is 1.57 bits per heavy atom. The lowest BCUT2D eigenvalue weighted by Crippen LogP contribution is -2.43. The van der Waals surface area contributed by atoms with Crippen molar-refractivity contribution in [1.82, 2.24) is 4.90 Å². The molecule has 1 aliphatic rings. The topological polar surface area (TPSA) is 41.9 Å². The van der Waals surface area contributed by atoms with E-state index in [1.54, 1.807) is 12.1 Å². The first kappa shape index (κ1) is 16.6. The van der Waals surface area contributed by atoms with E-state index < -0.39 is 11.9 Å². The summed E-state index contributed by atoms with van der Waals surface area (Å²) in [7, 11) is 0. The van der Waals surface area contributed by atoms with E-state index in [0.29, 0.717) is 32.9 Å². The number of aliphatic hydroxyl groups excluding tert-OH is 1. The lowest BCUT2D eigenvalue weighted by atomic mass is 10.1. The van der Waals surface area contributed by atoms with Crippen molar-refractivity contribution < 1.29 is 19.0 Å². The Kier molecular flexibility index (Phi) is 6.39. The van der Waals surface area contributed by atoms with Gasteiger partial charge in [0.1, 0.15) is 5.82 Å². The zero-order valence-corrected chi connectivity index (χ0v) is 12.9. The summed E-state index contributed by atoms with van der Waals surface area (Å²) >= 11 is 5.81. The quantitative estimate of drug-likeness (QED) is 0.874. The number of rotatable bonds is 6. The third kappa shape index (κ3) is 4.90. The van der Waals surface area contributed by atoms with Crippen LogP contribution in [0.5, 0.6) is 0 Å². The molecule has 1 heterocycles. The van der Waals surface area contributed by atoms with E-state index in [1.165, 1.54) is 6.07 Å². The number of aliphatic hydroxyl groups is 1. The molecular weight excluding hydrogens is 297 g/mol. The van der Waals surface area contributed by atoms with Gasteiger partial charge in [-0.25, -0.2) is 4.39 Å². The first-order valence-corrected chi connectivity index (χ1v) is 7.52. The van der Waals surface area contributed by atoms with E-state index in [4.69, 9.17) is 21.1 Å². The van der Waals surface area contributed by atoms with Gasteiger partial charge in [0.25, 0.3) is 0 Å².